The summed E-state index contributed by atoms with van der Waals surface area (Å²) in [4.78, 5) is 4.44. The topological polar surface area (TPSA) is 12.9 Å². The van der Waals surface area contributed by atoms with Crippen LogP contribution in [0.1, 0.15) is 19.5 Å². The molecule has 0 aliphatic rings. The third-order valence-electron chi connectivity index (χ3n) is 2.16. The second-order valence-electron chi connectivity index (χ2n) is 3.72. The predicted octanol–water partition coefficient (Wildman–Crippen LogP) is 4.21. The molecule has 0 amide bonds. The minimum atomic E-state index is 0.739. The van der Waals surface area contributed by atoms with Crippen LogP contribution >= 0.6 is 39.0 Å². The molecule has 1 aromatic heterocycles. The fourth-order valence-electron chi connectivity index (χ4n) is 0.992. The summed E-state index contributed by atoms with van der Waals surface area (Å²) < 4.78 is 1.20. The lowest BCUT2D eigenvalue weighted by atomic mass is 10.0. The largest absolute Gasteiger partial charge is 0.235 e. The number of alkyl halides is 1. The number of thiazole rings is 1. The van der Waals surface area contributed by atoms with Crippen molar-refractivity contribution < 1.29 is 0 Å². The minimum Gasteiger partial charge on any atom is -0.235 e. The molecule has 1 rings (SSSR count). The Morgan fingerprint density at radius 3 is 2.71 bits per heavy atom. The van der Waals surface area contributed by atoms with Crippen molar-refractivity contribution in [3.05, 3.63) is 11.1 Å². The van der Waals surface area contributed by atoms with Gasteiger partial charge in [-0.1, -0.05) is 41.5 Å². The first-order valence-electron chi connectivity index (χ1n) is 4.74. The van der Waals surface area contributed by atoms with Gasteiger partial charge in [-0.15, -0.1) is 11.3 Å². The zero-order valence-corrected chi connectivity index (χ0v) is 12.0. The van der Waals surface area contributed by atoms with Crippen LogP contribution in [0.5, 0.6) is 0 Å². The summed E-state index contributed by atoms with van der Waals surface area (Å²) in [6.07, 6.45) is 0. The van der Waals surface area contributed by atoms with E-state index in [0.29, 0.717) is 0 Å². The third-order valence-corrected chi connectivity index (χ3v) is 5.32. The Balaban J connectivity index is 2.39. The Morgan fingerprint density at radius 1 is 1.57 bits per heavy atom. The molecule has 0 aromatic carbocycles. The van der Waals surface area contributed by atoms with E-state index in [1.807, 2.05) is 18.7 Å². The molecule has 1 nitrogen and oxygen atoms in total. The van der Waals surface area contributed by atoms with E-state index in [1.54, 1.807) is 11.3 Å². The average Bonchev–Trinajstić information content (AvgIpc) is 2.52. The van der Waals surface area contributed by atoms with Gasteiger partial charge in [0.1, 0.15) is 4.34 Å². The van der Waals surface area contributed by atoms with Gasteiger partial charge in [-0.3, -0.25) is 0 Å². The van der Waals surface area contributed by atoms with E-state index >= 15 is 0 Å². The summed E-state index contributed by atoms with van der Waals surface area (Å²) in [5, 5.41) is 3.20. The molecule has 0 aliphatic carbocycles. The normalized spacial score (nSPS) is 13.5. The molecular formula is C10H16BrNS2. The predicted molar refractivity (Wildman–Crippen MR) is 69.7 cm³/mol. The van der Waals surface area contributed by atoms with Crippen LogP contribution in [0.2, 0.25) is 0 Å². The molecule has 1 aromatic rings. The Hall–Kier alpha value is 0.460. The highest BCUT2D eigenvalue weighted by atomic mass is 79.9. The number of thioether (sulfide) groups is 1. The van der Waals surface area contributed by atoms with Crippen LogP contribution in [0.25, 0.3) is 0 Å². The van der Waals surface area contributed by atoms with Gasteiger partial charge < -0.3 is 0 Å². The minimum absolute atomic E-state index is 0.739. The summed E-state index contributed by atoms with van der Waals surface area (Å²) in [6, 6.07) is 0. The maximum atomic E-state index is 4.44. The maximum absolute atomic E-state index is 4.44. The Kier molecular flexibility index (Phi) is 5.49. The van der Waals surface area contributed by atoms with Crippen molar-refractivity contribution in [2.24, 2.45) is 11.8 Å². The number of aryl methyl sites for hydroxylation is 1. The van der Waals surface area contributed by atoms with Crippen LogP contribution in [0.15, 0.2) is 9.72 Å². The molecule has 0 N–H and O–H groups in total. The molecule has 80 valence electrons. The smallest absolute Gasteiger partial charge is 0.150 e. The molecule has 0 saturated heterocycles. The van der Waals surface area contributed by atoms with Gasteiger partial charge in [-0.2, -0.15) is 0 Å². The van der Waals surface area contributed by atoms with Crippen molar-refractivity contribution in [1.82, 2.24) is 4.98 Å². The van der Waals surface area contributed by atoms with Crippen molar-refractivity contribution in [3.8, 4) is 0 Å². The molecule has 1 heterocycles. The van der Waals surface area contributed by atoms with Crippen molar-refractivity contribution >= 4 is 39.0 Å². The van der Waals surface area contributed by atoms with E-state index < -0.39 is 0 Å². The highest BCUT2D eigenvalue weighted by Crippen LogP contribution is 2.27. The zero-order chi connectivity index (χ0) is 10.6. The first kappa shape index (κ1) is 12.5. The summed E-state index contributed by atoms with van der Waals surface area (Å²) in [5.41, 5.74) is 1.14. The third kappa shape index (κ3) is 3.91. The summed E-state index contributed by atoms with van der Waals surface area (Å²) in [5.74, 6) is 2.64. The van der Waals surface area contributed by atoms with Crippen LogP contribution in [0, 0.1) is 18.8 Å². The van der Waals surface area contributed by atoms with Crippen molar-refractivity contribution in [3.63, 3.8) is 0 Å². The molecule has 4 heteroatoms. The first-order chi connectivity index (χ1) is 6.63. The van der Waals surface area contributed by atoms with E-state index in [-0.39, 0.29) is 0 Å². The SMILES string of the molecule is Cc1csc(SCC(CBr)C(C)C)n1. The first-order valence-corrected chi connectivity index (χ1v) is 7.73. The highest BCUT2D eigenvalue weighted by molar-refractivity contribution is 9.09. The molecule has 0 saturated carbocycles. The van der Waals surface area contributed by atoms with Gasteiger partial charge in [0.25, 0.3) is 0 Å². The molecular weight excluding hydrogens is 278 g/mol. The van der Waals surface area contributed by atoms with Crippen molar-refractivity contribution in [1.29, 1.82) is 0 Å². The van der Waals surface area contributed by atoms with Crippen LogP contribution in [-0.4, -0.2) is 16.1 Å². The number of nitrogens with zero attached hydrogens (tertiary/aromatic N) is 1. The average molecular weight is 294 g/mol. The molecule has 1 atom stereocenters. The standard InChI is InChI=1S/C10H16BrNS2/c1-7(2)9(4-11)6-14-10-12-8(3)5-13-10/h5,7,9H,4,6H2,1-3H3. The number of hydrogen-bond acceptors (Lipinski definition) is 3. The Morgan fingerprint density at radius 2 is 2.29 bits per heavy atom. The number of aromatic nitrogens is 1. The van der Waals surface area contributed by atoms with E-state index in [0.717, 1.165) is 28.6 Å². The van der Waals surface area contributed by atoms with Gasteiger partial charge in [0.15, 0.2) is 0 Å². The second-order valence-corrected chi connectivity index (χ2v) is 6.50. The monoisotopic (exact) mass is 293 g/mol. The Bertz CT molecular complexity index is 273. The quantitative estimate of drug-likeness (QED) is 0.596. The number of hydrogen-bond donors (Lipinski definition) is 0. The molecule has 0 bridgehead atoms. The van der Waals surface area contributed by atoms with Crippen LogP contribution in [0.4, 0.5) is 0 Å². The summed E-state index contributed by atoms with van der Waals surface area (Å²) in [6.45, 7) is 6.60. The van der Waals surface area contributed by atoms with Gasteiger partial charge in [-0.25, -0.2) is 4.98 Å². The van der Waals surface area contributed by atoms with E-state index in [9.17, 15) is 0 Å². The highest BCUT2D eigenvalue weighted by Gasteiger charge is 2.12. The number of halogens is 1. The van der Waals surface area contributed by atoms with Gasteiger partial charge in [0, 0.05) is 22.2 Å². The lowest BCUT2D eigenvalue weighted by Crippen LogP contribution is -2.12. The lowest BCUT2D eigenvalue weighted by Gasteiger charge is -2.16. The molecule has 14 heavy (non-hydrogen) atoms. The van der Waals surface area contributed by atoms with Gasteiger partial charge >= 0.3 is 0 Å². The van der Waals surface area contributed by atoms with Gasteiger partial charge in [0.05, 0.1) is 0 Å². The van der Waals surface area contributed by atoms with Crippen LogP contribution in [0.3, 0.4) is 0 Å². The fourth-order valence-corrected chi connectivity index (χ4v) is 4.48. The van der Waals surface area contributed by atoms with Crippen LogP contribution < -0.4 is 0 Å². The number of rotatable bonds is 5. The molecule has 0 radical (unpaired) electrons. The Labute approximate surface area is 103 Å². The second kappa shape index (κ2) is 6.13. The van der Waals surface area contributed by atoms with Crippen molar-refractivity contribution in [2.45, 2.75) is 25.1 Å². The molecule has 0 fully saturated rings. The van der Waals surface area contributed by atoms with Gasteiger partial charge in [-0.05, 0) is 18.8 Å². The van der Waals surface area contributed by atoms with E-state index in [2.05, 4.69) is 40.1 Å². The summed E-state index contributed by atoms with van der Waals surface area (Å²) >= 11 is 7.19. The lowest BCUT2D eigenvalue weighted by molar-refractivity contribution is 0.474. The van der Waals surface area contributed by atoms with Crippen molar-refractivity contribution in [2.75, 3.05) is 11.1 Å². The zero-order valence-electron chi connectivity index (χ0n) is 8.79. The van der Waals surface area contributed by atoms with Gasteiger partial charge in [0.2, 0.25) is 0 Å². The molecule has 0 spiro atoms. The van der Waals surface area contributed by atoms with E-state index in [1.165, 1.54) is 4.34 Å². The molecule has 0 aliphatic heterocycles. The van der Waals surface area contributed by atoms with E-state index in [4.69, 9.17) is 0 Å². The van der Waals surface area contributed by atoms with Crippen LogP contribution in [-0.2, 0) is 0 Å². The molecule has 1 unspecified atom stereocenters. The summed E-state index contributed by atoms with van der Waals surface area (Å²) in [7, 11) is 0. The fraction of sp³-hybridized carbons (Fsp3) is 0.700. The maximum Gasteiger partial charge on any atom is 0.150 e.